The topological polar surface area (TPSA) is 48.9 Å². The molecule has 0 bridgehead atoms. The van der Waals surface area contributed by atoms with Gasteiger partial charge in [0.25, 0.3) is 0 Å². The predicted molar refractivity (Wildman–Crippen MR) is 93.6 cm³/mol. The highest BCUT2D eigenvalue weighted by molar-refractivity contribution is 5.79. The van der Waals surface area contributed by atoms with Crippen LogP contribution in [0.2, 0.25) is 0 Å². The molecule has 5 nitrogen and oxygen atoms in total. The molecule has 0 saturated carbocycles. The zero-order valence-corrected chi connectivity index (χ0v) is 14.4. The summed E-state index contributed by atoms with van der Waals surface area (Å²) in [5.41, 5.74) is 1.15. The highest BCUT2D eigenvalue weighted by Crippen LogP contribution is 2.14. The summed E-state index contributed by atoms with van der Waals surface area (Å²) in [5, 5.41) is 6.56. The first-order valence-electron chi connectivity index (χ1n) is 8.04. The molecule has 124 valence electrons. The van der Waals surface area contributed by atoms with Gasteiger partial charge in [-0.3, -0.25) is 0 Å². The van der Waals surface area contributed by atoms with Gasteiger partial charge in [-0.2, -0.15) is 0 Å². The quantitative estimate of drug-likeness (QED) is 0.542. The van der Waals surface area contributed by atoms with Gasteiger partial charge in [0, 0.05) is 19.6 Å². The minimum Gasteiger partial charge on any atom is -0.492 e. The van der Waals surface area contributed by atoms with E-state index in [4.69, 9.17) is 4.74 Å². The first-order chi connectivity index (χ1) is 10.7. The highest BCUT2D eigenvalue weighted by Gasteiger charge is 1.99. The molecule has 0 spiro atoms. The van der Waals surface area contributed by atoms with Gasteiger partial charge in [0.05, 0.1) is 6.54 Å². The summed E-state index contributed by atoms with van der Waals surface area (Å²) >= 11 is 0. The van der Waals surface area contributed by atoms with Gasteiger partial charge in [-0.1, -0.05) is 19.1 Å². The molecule has 5 heteroatoms. The van der Waals surface area contributed by atoms with Gasteiger partial charge in [-0.25, -0.2) is 4.99 Å². The van der Waals surface area contributed by atoms with E-state index < -0.39 is 0 Å². The largest absolute Gasteiger partial charge is 0.492 e. The Balaban J connectivity index is 2.56. The lowest BCUT2D eigenvalue weighted by atomic mass is 10.2. The van der Waals surface area contributed by atoms with E-state index >= 15 is 0 Å². The molecule has 22 heavy (non-hydrogen) atoms. The summed E-state index contributed by atoms with van der Waals surface area (Å²) in [6.45, 7) is 8.26. The zero-order valence-electron chi connectivity index (χ0n) is 14.4. The summed E-state index contributed by atoms with van der Waals surface area (Å²) in [5.74, 6) is 1.77. The van der Waals surface area contributed by atoms with Crippen molar-refractivity contribution in [2.45, 2.75) is 26.8 Å². The fourth-order valence-electron chi connectivity index (χ4n) is 1.84. The van der Waals surface area contributed by atoms with Crippen molar-refractivity contribution in [2.75, 3.05) is 40.3 Å². The van der Waals surface area contributed by atoms with Crippen molar-refractivity contribution in [3.63, 3.8) is 0 Å². The number of hydrogen-bond donors (Lipinski definition) is 2. The molecule has 0 aliphatic heterocycles. The number of nitrogens with zero attached hydrogens (tertiary/aromatic N) is 2. The van der Waals surface area contributed by atoms with Crippen molar-refractivity contribution < 1.29 is 4.74 Å². The lowest BCUT2D eigenvalue weighted by Crippen LogP contribution is -2.37. The number of guanidine groups is 1. The second kappa shape index (κ2) is 10.9. The van der Waals surface area contributed by atoms with Crippen LogP contribution in [0, 0.1) is 0 Å². The smallest absolute Gasteiger partial charge is 0.191 e. The van der Waals surface area contributed by atoms with Crippen molar-refractivity contribution in [2.24, 2.45) is 4.99 Å². The van der Waals surface area contributed by atoms with Crippen LogP contribution >= 0.6 is 0 Å². The molecule has 0 fully saturated rings. The van der Waals surface area contributed by atoms with Crippen LogP contribution in [-0.2, 0) is 6.54 Å². The highest BCUT2D eigenvalue weighted by atomic mass is 16.5. The number of aliphatic imine (C=N–C) groups is 1. The van der Waals surface area contributed by atoms with E-state index in [1.807, 2.05) is 26.2 Å². The molecule has 0 atom stereocenters. The molecule has 1 aromatic rings. The number of hydrogen-bond acceptors (Lipinski definition) is 3. The van der Waals surface area contributed by atoms with E-state index in [-0.39, 0.29) is 0 Å². The van der Waals surface area contributed by atoms with Crippen LogP contribution in [0.1, 0.15) is 25.8 Å². The average Bonchev–Trinajstić information content (AvgIpc) is 2.50. The Morgan fingerprint density at radius 3 is 2.73 bits per heavy atom. The van der Waals surface area contributed by atoms with E-state index in [0.717, 1.165) is 43.3 Å². The van der Waals surface area contributed by atoms with E-state index in [1.54, 1.807) is 0 Å². The summed E-state index contributed by atoms with van der Waals surface area (Å²) in [7, 11) is 4.08. The predicted octanol–water partition coefficient (Wildman–Crippen LogP) is 2.09. The normalized spacial score (nSPS) is 11.6. The number of rotatable bonds is 9. The van der Waals surface area contributed by atoms with Crippen LogP contribution in [0.15, 0.2) is 29.3 Å². The second-order valence-corrected chi connectivity index (χ2v) is 5.42. The van der Waals surface area contributed by atoms with Crippen molar-refractivity contribution in [1.29, 1.82) is 0 Å². The number of nitrogens with one attached hydrogen (secondary N) is 2. The van der Waals surface area contributed by atoms with Crippen LogP contribution in [0.25, 0.3) is 0 Å². The van der Waals surface area contributed by atoms with Gasteiger partial charge in [0.1, 0.15) is 12.4 Å². The van der Waals surface area contributed by atoms with E-state index in [2.05, 4.69) is 46.5 Å². The van der Waals surface area contributed by atoms with Gasteiger partial charge in [0.2, 0.25) is 0 Å². The number of benzene rings is 1. The lowest BCUT2D eigenvalue weighted by molar-refractivity contribution is 0.261. The summed E-state index contributed by atoms with van der Waals surface area (Å²) in [6, 6.07) is 8.14. The first-order valence-corrected chi connectivity index (χ1v) is 8.04. The fourth-order valence-corrected chi connectivity index (χ4v) is 1.84. The molecule has 0 heterocycles. The molecule has 0 amide bonds. The molecule has 0 aromatic heterocycles. The fraction of sp³-hybridized carbons (Fsp3) is 0.588. The monoisotopic (exact) mass is 306 g/mol. The van der Waals surface area contributed by atoms with Gasteiger partial charge < -0.3 is 20.3 Å². The third-order valence-corrected chi connectivity index (χ3v) is 3.01. The zero-order chi connectivity index (χ0) is 16.2. The Bertz CT molecular complexity index is 446. The molecular formula is C17H30N4O. The Hall–Kier alpha value is -1.75. The van der Waals surface area contributed by atoms with Crippen LogP contribution in [0.5, 0.6) is 5.75 Å². The maximum atomic E-state index is 5.76. The Kier molecular flexibility index (Phi) is 9.07. The molecular weight excluding hydrogens is 276 g/mol. The van der Waals surface area contributed by atoms with Gasteiger partial charge in [0.15, 0.2) is 5.96 Å². The van der Waals surface area contributed by atoms with Gasteiger partial charge >= 0.3 is 0 Å². The Morgan fingerprint density at radius 2 is 2.05 bits per heavy atom. The van der Waals surface area contributed by atoms with Crippen molar-refractivity contribution in [3.8, 4) is 5.75 Å². The van der Waals surface area contributed by atoms with Crippen molar-refractivity contribution >= 4 is 5.96 Å². The molecule has 0 aliphatic rings. The molecule has 1 rings (SSSR count). The van der Waals surface area contributed by atoms with Crippen LogP contribution in [0.4, 0.5) is 0 Å². The van der Waals surface area contributed by atoms with E-state index in [9.17, 15) is 0 Å². The second-order valence-electron chi connectivity index (χ2n) is 5.42. The third kappa shape index (κ3) is 7.88. The third-order valence-electron chi connectivity index (χ3n) is 3.01. The van der Waals surface area contributed by atoms with Crippen LogP contribution in [0.3, 0.4) is 0 Å². The van der Waals surface area contributed by atoms with Crippen LogP contribution < -0.4 is 15.4 Å². The van der Waals surface area contributed by atoms with Gasteiger partial charge in [-0.05, 0) is 45.1 Å². The van der Waals surface area contributed by atoms with Gasteiger partial charge in [-0.15, -0.1) is 0 Å². The maximum Gasteiger partial charge on any atom is 0.191 e. The molecule has 0 aliphatic carbocycles. The standard InChI is InChI=1S/C17H30N4O/c1-5-10-19-17(18-6-2)20-14-15-8-7-9-16(13-15)22-12-11-21(3)4/h7-9,13H,5-6,10-12,14H2,1-4H3,(H2,18,19,20). The SMILES string of the molecule is CCCNC(=NCc1cccc(OCCN(C)C)c1)NCC. The van der Waals surface area contributed by atoms with Crippen molar-refractivity contribution in [1.82, 2.24) is 15.5 Å². The maximum absolute atomic E-state index is 5.76. The first kappa shape index (κ1) is 18.3. The summed E-state index contributed by atoms with van der Waals surface area (Å²) in [6.07, 6.45) is 1.08. The Labute approximate surface area is 134 Å². The minimum atomic E-state index is 0.643. The van der Waals surface area contributed by atoms with E-state index in [0.29, 0.717) is 13.2 Å². The number of likely N-dealkylation sites (N-methyl/N-ethyl adjacent to an activating group) is 1. The minimum absolute atomic E-state index is 0.643. The molecule has 0 saturated heterocycles. The van der Waals surface area contributed by atoms with Crippen molar-refractivity contribution in [3.05, 3.63) is 29.8 Å². The Morgan fingerprint density at radius 1 is 1.23 bits per heavy atom. The molecule has 2 N–H and O–H groups in total. The number of ether oxygens (including phenoxy) is 1. The molecule has 0 unspecified atom stereocenters. The molecule has 0 radical (unpaired) electrons. The van der Waals surface area contributed by atoms with E-state index in [1.165, 1.54) is 0 Å². The summed E-state index contributed by atoms with van der Waals surface area (Å²) in [4.78, 5) is 6.71. The van der Waals surface area contributed by atoms with Crippen LogP contribution in [-0.4, -0.2) is 51.2 Å². The lowest BCUT2D eigenvalue weighted by Gasteiger charge is -2.12. The summed E-state index contributed by atoms with van der Waals surface area (Å²) < 4.78 is 5.76. The molecule has 1 aromatic carbocycles. The average molecular weight is 306 g/mol.